The Bertz CT molecular complexity index is 724. The van der Waals surface area contributed by atoms with Gasteiger partial charge in [0.05, 0.1) is 11.0 Å². The van der Waals surface area contributed by atoms with E-state index in [2.05, 4.69) is 18.1 Å². The maximum absolute atomic E-state index is 13.2. The molecule has 4 nitrogen and oxygen atoms in total. The van der Waals surface area contributed by atoms with Crippen LogP contribution in [0.25, 0.3) is 11.0 Å². The summed E-state index contributed by atoms with van der Waals surface area (Å²) in [5.74, 6) is -1.54. The number of rotatable bonds is 6. The number of fused-ring (bicyclic) bond motifs is 1. The van der Waals surface area contributed by atoms with Crippen LogP contribution in [0.2, 0.25) is 0 Å². The molecule has 0 radical (unpaired) electrons. The van der Waals surface area contributed by atoms with Gasteiger partial charge in [-0.05, 0) is 12.1 Å². The van der Waals surface area contributed by atoms with Crippen molar-refractivity contribution >= 4 is 16.9 Å². The smallest absolute Gasteiger partial charge is 0.334 e. The SMILES string of the molecule is C=CCN(CC=C)C(=O)Cn1c(C(F)(F)F)nc2ccccc21. The minimum Gasteiger partial charge on any atom is -0.334 e. The Morgan fingerprint density at radius 1 is 1.22 bits per heavy atom. The molecule has 7 heteroatoms. The van der Waals surface area contributed by atoms with Crippen LogP contribution in [0.3, 0.4) is 0 Å². The summed E-state index contributed by atoms with van der Waals surface area (Å²) < 4.78 is 40.5. The molecule has 0 atom stereocenters. The predicted octanol–water partition coefficient (Wildman–Crippen LogP) is 3.26. The number of hydrogen-bond donors (Lipinski definition) is 0. The lowest BCUT2D eigenvalue weighted by atomic mass is 10.3. The van der Waals surface area contributed by atoms with Crippen LogP contribution in [0.1, 0.15) is 5.82 Å². The highest BCUT2D eigenvalue weighted by Gasteiger charge is 2.38. The van der Waals surface area contributed by atoms with Crippen molar-refractivity contribution in [2.75, 3.05) is 13.1 Å². The van der Waals surface area contributed by atoms with E-state index >= 15 is 0 Å². The zero-order valence-corrected chi connectivity index (χ0v) is 12.4. The van der Waals surface area contributed by atoms with E-state index in [4.69, 9.17) is 0 Å². The molecular weight excluding hydrogens is 307 g/mol. The molecule has 1 amide bonds. The van der Waals surface area contributed by atoms with Crippen LogP contribution in [0.5, 0.6) is 0 Å². The molecule has 122 valence electrons. The summed E-state index contributed by atoms with van der Waals surface area (Å²) >= 11 is 0. The molecule has 0 N–H and O–H groups in total. The molecular formula is C16H16F3N3O. The van der Waals surface area contributed by atoms with Crippen molar-refractivity contribution < 1.29 is 18.0 Å². The first-order valence-corrected chi connectivity index (χ1v) is 6.90. The van der Waals surface area contributed by atoms with Gasteiger partial charge in [-0.2, -0.15) is 13.2 Å². The van der Waals surface area contributed by atoms with E-state index in [0.29, 0.717) is 0 Å². The van der Waals surface area contributed by atoms with E-state index in [0.717, 1.165) is 4.57 Å². The molecule has 0 unspecified atom stereocenters. The van der Waals surface area contributed by atoms with Gasteiger partial charge in [0.25, 0.3) is 0 Å². The molecule has 0 saturated heterocycles. The first kappa shape index (κ1) is 16.8. The highest BCUT2D eigenvalue weighted by molar-refractivity contribution is 5.81. The number of amides is 1. The van der Waals surface area contributed by atoms with Gasteiger partial charge in [0.2, 0.25) is 11.7 Å². The van der Waals surface area contributed by atoms with Crippen molar-refractivity contribution in [3.63, 3.8) is 0 Å². The minimum atomic E-state index is -4.64. The average molecular weight is 323 g/mol. The fraction of sp³-hybridized carbons (Fsp3) is 0.250. The Morgan fingerprint density at radius 3 is 2.39 bits per heavy atom. The van der Waals surface area contributed by atoms with E-state index in [1.54, 1.807) is 12.1 Å². The lowest BCUT2D eigenvalue weighted by Crippen LogP contribution is -2.35. The summed E-state index contributed by atoms with van der Waals surface area (Å²) in [6, 6.07) is 6.20. The van der Waals surface area contributed by atoms with Crippen LogP contribution in [-0.2, 0) is 17.5 Å². The summed E-state index contributed by atoms with van der Waals surface area (Å²) in [4.78, 5) is 17.3. The molecule has 0 aliphatic heterocycles. The highest BCUT2D eigenvalue weighted by Crippen LogP contribution is 2.31. The second-order valence-electron chi connectivity index (χ2n) is 4.88. The third kappa shape index (κ3) is 3.61. The Hall–Kier alpha value is -2.57. The summed E-state index contributed by atoms with van der Waals surface area (Å²) in [7, 11) is 0. The average Bonchev–Trinajstić information content (AvgIpc) is 2.86. The number of imidazole rings is 1. The fourth-order valence-electron chi connectivity index (χ4n) is 2.28. The van der Waals surface area contributed by atoms with Crippen LogP contribution in [-0.4, -0.2) is 33.4 Å². The molecule has 1 heterocycles. The van der Waals surface area contributed by atoms with Gasteiger partial charge < -0.3 is 9.47 Å². The number of halogens is 3. The summed E-state index contributed by atoms with van der Waals surface area (Å²) in [5.41, 5.74) is 0.469. The van der Waals surface area contributed by atoms with Gasteiger partial charge in [0, 0.05) is 13.1 Å². The number of aromatic nitrogens is 2. The second kappa shape index (κ2) is 6.68. The Kier molecular flexibility index (Phi) is 4.88. The number of nitrogens with zero attached hydrogens (tertiary/aromatic N) is 3. The van der Waals surface area contributed by atoms with E-state index in [9.17, 15) is 18.0 Å². The van der Waals surface area contributed by atoms with Gasteiger partial charge in [0.15, 0.2) is 0 Å². The number of carbonyl (C=O) groups is 1. The third-order valence-corrected chi connectivity index (χ3v) is 3.25. The Morgan fingerprint density at radius 2 is 1.83 bits per heavy atom. The maximum atomic E-state index is 13.2. The van der Waals surface area contributed by atoms with Crippen molar-refractivity contribution in [1.29, 1.82) is 0 Å². The molecule has 0 fully saturated rings. The maximum Gasteiger partial charge on any atom is 0.449 e. The van der Waals surface area contributed by atoms with Crippen molar-refractivity contribution in [1.82, 2.24) is 14.5 Å². The molecule has 2 aromatic rings. The lowest BCUT2D eigenvalue weighted by Gasteiger charge is -2.20. The molecule has 1 aromatic heterocycles. The van der Waals surface area contributed by atoms with Gasteiger partial charge in [-0.25, -0.2) is 4.98 Å². The molecule has 2 rings (SSSR count). The Balaban J connectivity index is 2.43. The van der Waals surface area contributed by atoms with Crippen molar-refractivity contribution in [3.8, 4) is 0 Å². The second-order valence-corrected chi connectivity index (χ2v) is 4.88. The van der Waals surface area contributed by atoms with Gasteiger partial charge in [0.1, 0.15) is 6.54 Å². The normalized spacial score (nSPS) is 11.4. The van der Waals surface area contributed by atoms with Crippen LogP contribution >= 0.6 is 0 Å². The number of para-hydroxylation sites is 2. The van der Waals surface area contributed by atoms with Gasteiger partial charge in [-0.15, -0.1) is 13.2 Å². The zero-order chi connectivity index (χ0) is 17.0. The fourth-order valence-corrected chi connectivity index (χ4v) is 2.28. The number of carbonyl (C=O) groups excluding carboxylic acids is 1. The number of benzene rings is 1. The van der Waals surface area contributed by atoms with Crippen molar-refractivity contribution in [3.05, 3.63) is 55.4 Å². The molecule has 0 saturated carbocycles. The minimum absolute atomic E-state index is 0.201. The standard InChI is InChI=1S/C16H16F3N3O/c1-3-9-21(10-4-2)14(23)11-22-13-8-6-5-7-12(13)20-15(22)16(17,18)19/h3-8H,1-2,9-11H2. The molecule has 0 spiro atoms. The first-order valence-electron chi connectivity index (χ1n) is 6.90. The highest BCUT2D eigenvalue weighted by atomic mass is 19.4. The van der Waals surface area contributed by atoms with E-state index in [-0.39, 0.29) is 24.1 Å². The number of hydrogen-bond acceptors (Lipinski definition) is 2. The Labute approximate surface area is 131 Å². The van der Waals surface area contributed by atoms with E-state index in [1.807, 2.05) is 0 Å². The zero-order valence-electron chi connectivity index (χ0n) is 12.4. The van der Waals surface area contributed by atoms with E-state index < -0.39 is 24.5 Å². The quantitative estimate of drug-likeness (QED) is 0.765. The van der Waals surface area contributed by atoms with Crippen LogP contribution < -0.4 is 0 Å². The van der Waals surface area contributed by atoms with Gasteiger partial charge in [-0.1, -0.05) is 24.3 Å². The van der Waals surface area contributed by atoms with Crippen molar-refractivity contribution in [2.45, 2.75) is 12.7 Å². The van der Waals surface area contributed by atoms with Gasteiger partial charge >= 0.3 is 6.18 Å². The number of alkyl halides is 3. The molecule has 23 heavy (non-hydrogen) atoms. The molecule has 1 aromatic carbocycles. The van der Waals surface area contributed by atoms with Crippen LogP contribution in [0, 0.1) is 0 Å². The predicted molar refractivity (Wildman–Crippen MR) is 81.7 cm³/mol. The van der Waals surface area contributed by atoms with E-state index in [1.165, 1.54) is 29.2 Å². The first-order chi connectivity index (χ1) is 10.9. The van der Waals surface area contributed by atoms with Crippen LogP contribution in [0.4, 0.5) is 13.2 Å². The molecule has 0 aliphatic carbocycles. The van der Waals surface area contributed by atoms with Crippen LogP contribution in [0.15, 0.2) is 49.6 Å². The molecule has 0 bridgehead atoms. The van der Waals surface area contributed by atoms with Gasteiger partial charge in [-0.3, -0.25) is 4.79 Å². The van der Waals surface area contributed by atoms with Crippen molar-refractivity contribution in [2.24, 2.45) is 0 Å². The summed E-state index contributed by atoms with van der Waals surface area (Å²) in [5, 5.41) is 0. The summed E-state index contributed by atoms with van der Waals surface area (Å²) in [6.07, 6.45) is -1.61. The monoisotopic (exact) mass is 323 g/mol. The summed E-state index contributed by atoms with van der Waals surface area (Å²) in [6.45, 7) is 7.11. The lowest BCUT2D eigenvalue weighted by molar-refractivity contribution is -0.148. The largest absolute Gasteiger partial charge is 0.449 e. The molecule has 0 aliphatic rings. The topological polar surface area (TPSA) is 38.1 Å². The third-order valence-electron chi connectivity index (χ3n) is 3.25.